The molecule has 1 aliphatic heterocycles. The van der Waals surface area contributed by atoms with Crippen molar-refractivity contribution in [1.82, 2.24) is 15.2 Å². The zero-order valence-corrected chi connectivity index (χ0v) is 13.5. The van der Waals surface area contributed by atoms with Gasteiger partial charge in [0, 0.05) is 19.3 Å². The van der Waals surface area contributed by atoms with Crippen LogP contribution in [0.2, 0.25) is 0 Å². The van der Waals surface area contributed by atoms with Gasteiger partial charge in [-0.3, -0.25) is 4.79 Å². The Bertz CT molecular complexity index is 686. The first-order chi connectivity index (χ1) is 11.1. The van der Waals surface area contributed by atoms with Crippen LogP contribution in [0, 0.1) is 19.8 Å². The average molecular weight is 311 g/mol. The summed E-state index contributed by atoms with van der Waals surface area (Å²) in [7, 11) is 0. The predicted octanol–water partition coefficient (Wildman–Crippen LogP) is 2.34. The van der Waals surface area contributed by atoms with Crippen molar-refractivity contribution in [2.75, 3.05) is 23.3 Å². The molecule has 1 atom stereocenters. The lowest BCUT2D eigenvalue weighted by molar-refractivity contribution is -0.120. The second kappa shape index (κ2) is 6.73. The number of carbonyl (C=O) groups is 1. The Hall–Kier alpha value is -2.50. The summed E-state index contributed by atoms with van der Waals surface area (Å²) < 4.78 is 0. The molecule has 2 aromatic rings. The summed E-state index contributed by atoms with van der Waals surface area (Å²) in [4.78, 5) is 18.9. The number of rotatable bonds is 3. The number of piperidine rings is 1. The number of anilines is 2. The topological polar surface area (TPSA) is 71.0 Å². The molecule has 120 valence electrons. The molecule has 6 nitrogen and oxygen atoms in total. The van der Waals surface area contributed by atoms with Crippen LogP contribution in [0.15, 0.2) is 30.5 Å². The Morgan fingerprint density at radius 1 is 1.26 bits per heavy atom. The van der Waals surface area contributed by atoms with Gasteiger partial charge in [0.05, 0.1) is 11.6 Å². The number of hydrogen-bond acceptors (Lipinski definition) is 5. The van der Waals surface area contributed by atoms with Crippen LogP contribution in [0.25, 0.3) is 0 Å². The molecule has 3 heterocycles. The van der Waals surface area contributed by atoms with Gasteiger partial charge >= 0.3 is 0 Å². The van der Waals surface area contributed by atoms with Gasteiger partial charge in [0.25, 0.3) is 0 Å². The van der Waals surface area contributed by atoms with Gasteiger partial charge in [0.2, 0.25) is 5.91 Å². The molecule has 1 aliphatic rings. The van der Waals surface area contributed by atoms with Crippen LogP contribution in [0.1, 0.15) is 24.1 Å². The molecule has 1 amide bonds. The van der Waals surface area contributed by atoms with Crippen molar-refractivity contribution in [1.29, 1.82) is 0 Å². The third kappa shape index (κ3) is 3.64. The van der Waals surface area contributed by atoms with Gasteiger partial charge in [-0.15, -0.1) is 5.10 Å². The smallest absolute Gasteiger partial charge is 0.230 e. The molecule has 2 aromatic heterocycles. The fourth-order valence-electron chi connectivity index (χ4n) is 2.80. The van der Waals surface area contributed by atoms with Crippen LogP contribution in [0.3, 0.4) is 0 Å². The molecular formula is C17H21N5O. The van der Waals surface area contributed by atoms with E-state index in [1.54, 1.807) is 6.20 Å². The number of hydrogen-bond donors (Lipinski definition) is 1. The highest BCUT2D eigenvalue weighted by atomic mass is 16.2. The molecule has 1 saturated heterocycles. The van der Waals surface area contributed by atoms with E-state index in [2.05, 4.69) is 25.4 Å². The van der Waals surface area contributed by atoms with Crippen molar-refractivity contribution in [2.45, 2.75) is 26.7 Å². The number of aromatic nitrogens is 3. The van der Waals surface area contributed by atoms with E-state index < -0.39 is 0 Å². The van der Waals surface area contributed by atoms with Crippen molar-refractivity contribution in [3.05, 3.63) is 41.7 Å². The highest BCUT2D eigenvalue weighted by Gasteiger charge is 2.27. The molecule has 3 rings (SSSR count). The molecule has 0 aliphatic carbocycles. The molecule has 1 unspecified atom stereocenters. The number of aryl methyl sites for hydroxylation is 2. The number of amides is 1. The minimum Gasteiger partial charge on any atom is -0.354 e. The first-order valence-electron chi connectivity index (χ1n) is 7.91. The average Bonchev–Trinajstić information content (AvgIpc) is 2.58. The first kappa shape index (κ1) is 15.4. The number of nitrogens with zero attached hydrogens (tertiary/aromatic N) is 4. The van der Waals surface area contributed by atoms with Gasteiger partial charge in [-0.2, -0.15) is 5.10 Å². The summed E-state index contributed by atoms with van der Waals surface area (Å²) in [6, 6.07) is 7.72. The van der Waals surface area contributed by atoms with E-state index in [0.29, 0.717) is 12.4 Å². The van der Waals surface area contributed by atoms with Crippen LogP contribution in [0.5, 0.6) is 0 Å². The molecular weight excluding hydrogens is 290 g/mol. The maximum atomic E-state index is 12.5. The van der Waals surface area contributed by atoms with E-state index in [9.17, 15) is 4.79 Å². The van der Waals surface area contributed by atoms with Crippen LogP contribution in [-0.4, -0.2) is 34.2 Å². The van der Waals surface area contributed by atoms with Gasteiger partial charge in [-0.1, -0.05) is 6.07 Å². The highest BCUT2D eigenvalue weighted by molar-refractivity contribution is 5.92. The third-order valence-corrected chi connectivity index (χ3v) is 4.15. The molecule has 23 heavy (non-hydrogen) atoms. The van der Waals surface area contributed by atoms with Gasteiger partial charge in [-0.25, -0.2) is 4.98 Å². The van der Waals surface area contributed by atoms with Crippen LogP contribution in [-0.2, 0) is 4.79 Å². The van der Waals surface area contributed by atoms with Crippen molar-refractivity contribution in [3.8, 4) is 0 Å². The van der Waals surface area contributed by atoms with Gasteiger partial charge in [0.1, 0.15) is 5.82 Å². The molecule has 0 bridgehead atoms. The van der Waals surface area contributed by atoms with Crippen molar-refractivity contribution < 1.29 is 4.79 Å². The quantitative estimate of drug-likeness (QED) is 0.942. The van der Waals surface area contributed by atoms with Crippen molar-refractivity contribution in [3.63, 3.8) is 0 Å². The van der Waals surface area contributed by atoms with E-state index in [0.717, 1.165) is 36.5 Å². The van der Waals surface area contributed by atoms with Crippen LogP contribution >= 0.6 is 0 Å². The van der Waals surface area contributed by atoms with E-state index >= 15 is 0 Å². The SMILES string of the molecule is Cc1ccc(N2CCCC(C(=O)Nc3ncccc3C)C2)nn1. The van der Waals surface area contributed by atoms with Crippen molar-refractivity contribution >= 4 is 17.5 Å². The molecule has 0 aromatic carbocycles. The molecule has 1 fully saturated rings. The molecule has 1 N–H and O–H groups in total. The zero-order valence-electron chi connectivity index (χ0n) is 13.5. The summed E-state index contributed by atoms with van der Waals surface area (Å²) in [5.74, 6) is 1.44. The fourth-order valence-corrected chi connectivity index (χ4v) is 2.80. The van der Waals surface area contributed by atoms with E-state index in [4.69, 9.17) is 0 Å². The Labute approximate surface area is 136 Å². The fraction of sp³-hybridized carbons (Fsp3) is 0.412. The largest absolute Gasteiger partial charge is 0.354 e. The lowest BCUT2D eigenvalue weighted by atomic mass is 9.97. The maximum Gasteiger partial charge on any atom is 0.230 e. The number of nitrogens with one attached hydrogen (secondary N) is 1. The summed E-state index contributed by atoms with van der Waals surface area (Å²) >= 11 is 0. The molecule has 0 spiro atoms. The van der Waals surface area contributed by atoms with Gasteiger partial charge < -0.3 is 10.2 Å². The lowest BCUT2D eigenvalue weighted by Gasteiger charge is -2.32. The van der Waals surface area contributed by atoms with E-state index in [-0.39, 0.29) is 11.8 Å². The van der Waals surface area contributed by atoms with Crippen molar-refractivity contribution in [2.24, 2.45) is 5.92 Å². The molecule has 0 radical (unpaired) electrons. The summed E-state index contributed by atoms with van der Waals surface area (Å²) in [6.07, 6.45) is 3.54. The summed E-state index contributed by atoms with van der Waals surface area (Å²) in [5.41, 5.74) is 1.86. The van der Waals surface area contributed by atoms with Crippen LogP contribution < -0.4 is 10.2 Å². The standard InChI is InChI=1S/C17H21N5O/c1-12-5-3-9-18-16(12)19-17(23)14-6-4-10-22(11-14)15-8-7-13(2)20-21-15/h3,5,7-9,14H,4,6,10-11H2,1-2H3,(H,18,19,23). The van der Waals surface area contributed by atoms with Crippen LogP contribution in [0.4, 0.5) is 11.6 Å². The maximum absolute atomic E-state index is 12.5. The van der Waals surface area contributed by atoms with Gasteiger partial charge in [-0.05, 0) is 50.5 Å². The Morgan fingerprint density at radius 2 is 2.13 bits per heavy atom. The minimum atomic E-state index is -0.0618. The summed E-state index contributed by atoms with van der Waals surface area (Å²) in [5, 5.41) is 11.3. The molecule has 6 heteroatoms. The summed E-state index contributed by atoms with van der Waals surface area (Å²) in [6.45, 7) is 5.43. The Morgan fingerprint density at radius 3 is 2.87 bits per heavy atom. The Kier molecular flexibility index (Phi) is 4.50. The zero-order chi connectivity index (χ0) is 16.2. The minimum absolute atomic E-state index is 0.0246. The Balaban J connectivity index is 1.67. The number of pyridine rings is 1. The third-order valence-electron chi connectivity index (χ3n) is 4.15. The second-order valence-electron chi connectivity index (χ2n) is 5.98. The second-order valence-corrected chi connectivity index (χ2v) is 5.98. The molecule has 0 saturated carbocycles. The normalized spacial score (nSPS) is 17.8. The highest BCUT2D eigenvalue weighted by Crippen LogP contribution is 2.22. The van der Waals surface area contributed by atoms with E-state index in [1.807, 2.05) is 38.1 Å². The predicted molar refractivity (Wildman–Crippen MR) is 89.3 cm³/mol. The number of carbonyl (C=O) groups excluding carboxylic acids is 1. The van der Waals surface area contributed by atoms with Gasteiger partial charge in [0.15, 0.2) is 5.82 Å². The van der Waals surface area contributed by atoms with E-state index in [1.165, 1.54) is 0 Å². The lowest BCUT2D eigenvalue weighted by Crippen LogP contribution is -2.41. The monoisotopic (exact) mass is 311 g/mol. The first-order valence-corrected chi connectivity index (χ1v) is 7.91.